The van der Waals surface area contributed by atoms with Gasteiger partial charge in [0.05, 0.1) is 5.69 Å². The molecular weight excluding hydrogens is 184 g/mol. The fourth-order valence-electron chi connectivity index (χ4n) is 1.36. The number of halogens is 1. The van der Waals surface area contributed by atoms with Gasteiger partial charge in [0.1, 0.15) is 0 Å². The molecule has 0 spiro atoms. The maximum Gasteiger partial charge on any atom is 0.0519 e. The predicted molar refractivity (Wildman–Crippen MR) is 60.4 cm³/mol. The second kappa shape index (κ2) is 4.49. The van der Waals surface area contributed by atoms with Crippen LogP contribution in [-0.4, -0.2) is 0 Å². The summed E-state index contributed by atoms with van der Waals surface area (Å²) in [4.78, 5) is 0. The van der Waals surface area contributed by atoms with Crippen molar-refractivity contribution in [3.8, 4) is 0 Å². The largest absolute Gasteiger partial charge is 0.324 e. The number of hydrogen-bond donors (Lipinski definition) is 2. The van der Waals surface area contributed by atoms with Crippen LogP contribution in [-0.2, 0) is 0 Å². The Morgan fingerprint density at radius 3 is 2.00 bits per heavy atom. The van der Waals surface area contributed by atoms with Gasteiger partial charge in [-0.25, -0.2) is 0 Å². The van der Waals surface area contributed by atoms with Gasteiger partial charge in [-0.05, 0) is 56.0 Å². The zero-order chi connectivity index (χ0) is 9.30. The van der Waals surface area contributed by atoms with Crippen LogP contribution in [0, 0.1) is 27.7 Å². The van der Waals surface area contributed by atoms with E-state index < -0.39 is 0 Å². The summed E-state index contributed by atoms with van der Waals surface area (Å²) in [5, 5.41) is 0. The summed E-state index contributed by atoms with van der Waals surface area (Å²) >= 11 is 0. The number of nitrogen functional groups attached to an aromatic ring is 1. The molecule has 3 N–H and O–H groups in total. The van der Waals surface area contributed by atoms with E-state index in [1.54, 1.807) is 0 Å². The van der Waals surface area contributed by atoms with Gasteiger partial charge in [-0.3, -0.25) is 5.84 Å². The highest BCUT2D eigenvalue weighted by Crippen LogP contribution is 2.23. The third kappa shape index (κ3) is 2.14. The predicted octanol–water partition coefficient (Wildman–Crippen LogP) is 2.63. The summed E-state index contributed by atoms with van der Waals surface area (Å²) in [5.74, 6) is 5.39. The van der Waals surface area contributed by atoms with E-state index in [4.69, 9.17) is 5.84 Å². The lowest BCUT2D eigenvalue weighted by atomic mass is 9.98. The van der Waals surface area contributed by atoms with Crippen molar-refractivity contribution in [2.75, 3.05) is 5.43 Å². The molecule has 3 heteroatoms. The summed E-state index contributed by atoms with van der Waals surface area (Å²) in [5.41, 5.74) is 8.92. The number of benzene rings is 1. The van der Waals surface area contributed by atoms with Crippen molar-refractivity contribution in [3.63, 3.8) is 0 Å². The molecule has 0 unspecified atom stereocenters. The monoisotopic (exact) mass is 200 g/mol. The Kier molecular flexibility index (Phi) is 4.24. The van der Waals surface area contributed by atoms with Crippen molar-refractivity contribution in [2.24, 2.45) is 5.84 Å². The van der Waals surface area contributed by atoms with Crippen molar-refractivity contribution in [1.82, 2.24) is 0 Å². The number of nitrogens with one attached hydrogen (secondary N) is 1. The normalized spacial score (nSPS) is 9.31. The lowest BCUT2D eigenvalue weighted by Gasteiger charge is -2.13. The Morgan fingerprint density at radius 2 is 1.54 bits per heavy atom. The molecule has 0 saturated carbocycles. The molecule has 1 rings (SSSR count). The van der Waals surface area contributed by atoms with Gasteiger partial charge in [-0.2, -0.15) is 0 Å². The van der Waals surface area contributed by atoms with Gasteiger partial charge in [0, 0.05) is 0 Å². The fraction of sp³-hybridized carbons (Fsp3) is 0.400. The van der Waals surface area contributed by atoms with Crippen LogP contribution >= 0.6 is 12.4 Å². The molecule has 0 aliphatic rings. The Bertz CT molecular complexity index is 308. The third-order valence-corrected chi connectivity index (χ3v) is 2.64. The van der Waals surface area contributed by atoms with E-state index in [1.165, 1.54) is 22.3 Å². The van der Waals surface area contributed by atoms with Gasteiger partial charge in [0.15, 0.2) is 0 Å². The van der Waals surface area contributed by atoms with Gasteiger partial charge in [0.2, 0.25) is 0 Å². The maximum absolute atomic E-state index is 5.39. The standard InChI is InChI=1S/C10H16N2.ClH/c1-6-5-10(12-11)9(4)8(3)7(6)2;/h5,12H,11H2,1-4H3;1H. The number of nitrogens with two attached hydrogens (primary N) is 1. The molecule has 0 radical (unpaired) electrons. The van der Waals surface area contributed by atoms with Crippen LogP contribution in [0.1, 0.15) is 22.3 Å². The molecule has 0 aliphatic heterocycles. The molecule has 74 valence electrons. The number of hydrazine groups is 1. The van der Waals surface area contributed by atoms with Crippen LogP contribution in [0.5, 0.6) is 0 Å². The van der Waals surface area contributed by atoms with Crippen LogP contribution in [0.2, 0.25) is 0 Å². The molecule has 0 atom stereocenters. The summed E-state index contributed by atoms with van der Waals surface area (Å²) in [7, 11) is 0. The summed E-state index contributed by atoms with van der Waals surface area (Å²) in [6.07, 6.45) is 0. The first-order chi connectivity index (χ1) is 5.57. The summed E-state index contributed by atoms with van der Waals surface area (Å²) < 4.78 is 0. The minimum atomic E-state index is 0. The van der Waals surface area contributed by atoms with Crippen LogP contribution < -0.4 is 11.3 Å². The number of rotatable bonds is 1. The van der Waals surface area contributed by atoms with Crippen molar-refractivity contribution >= 4 is 18.1 Å². The van der Waals surface area contributed by atoms with E-state index in [9.17, 15) is 0 Å². The second-order valence-corrected chi connectivity index (χ2v) is 3.26. The maximum atomic E-state index is 5.39. The second-order valence-electron chi connectivity index (χ2n) is 3.26. The molecule has 0 bridgehead atoms. The minimum Gasteiger partial charge on any atom is -0.324 e. The Morgan fingerprint density at radius 1 is 1.00 bits per heavy atom. The van der Waals surface area contributed by atoms with E-state index >= 15 is 0 Å². The Balaban J connectivity index is 0.00000144. The molecule has 0 aromatic heterocycles. The summed E-state index contributed by atoms with van der Waals surface area (Å²) in [6, 6.07) is 2.08. The number of aryl methyl sites for hydroxylation is 1. The van der Waals surface area contributed by atoms with Crippen LogP contribution in [0.3, 0.4) is 0 Å². The number of anilines is 1. The van der Waals surface area contributed by atoms with Crippen molar-refractivity contribution in [2.45, 2.75) is 27.7 Å². The Labute approximate surface area is 85.9 Å². The first-order valence-corrected chi connectivity index (χ1v) is 4.12. The quantitative estimate of drug-likeness (QED) is 0.540. The minimum absolute atomic E-state index is 0. The van der Waals surface area contributed by atoms with Crippen molar-refractivity contribution in [3.05, 3.63) is 28.3 Å². The van der Waals surface area contributed by atoms with E-state index in [0.29, 0.717) is 0 Å². The van der Waals surface area contributed by atoms with E-state index in [-0.39, 0.29) is 12.4 Å². The fourth-order valence-corrected chi connectivity index (χ4v) is 1.36. The van der Waals surface area contributed by atoms with Gasteiger partial charge in [-0.1, -0.05) is 0 Å². The first kappa shape index (κ1) is 12.3. The molecule has 0 saturated heterocycles. The average molecular weight is 201 g/mol. The molecule has 13 heavy (non-hydrogen) atoms. The zero-order valence-electron chi connectivity index (χ0n) is 8.56. The van der Waals surface area contributed by atoms with E-state index in [1.807, 2.05) is 0 Å². The zero-order valence-corrected chi connectivity index (χ0v) is 9.38. The SMILES string of the molecule is Cc1cc(NN)c(C)c(C)c1C.Cl. The molecule has 0 aliphatic carbocycles. The lowest BCUT2D eigenvalue weighted by Crippen LogP contribution is -2.09. The van der Waals surface area contributed by atoms with Gasteiger partial charge < -0.3 is 5.43 Å². The first-order valence-electron chi connectivity index (χ1n) is 4.12. The van der Waals surface area contributed by atoms with Gasteiger partial charge in [-0.15, -0.1) is 12.4 Å². The Hall–Kier alpha value is -0.730. The highest BCUT2D eigenvalue weighted by molar-refractivity contribution is 5.85. The van der Waals surface area contributed by atoms with Gasteiger partial charge >= 0.3 is 0 Å². The van der Waals surface area contributed by atoms with Crippen molar-refractivity contribution in [1.29, 1.82) is 0 Å². The molecule has 2 nitrogen and oxygen atoms in total. The average Bonchev–Trinajstić information content (AvgIpc) is 2.08. The van der Waals surface area contributed by atoms with E-state index in [0.717, 1.165) is 5.69 Å². The molecule has 1 aromatic rings. The molecule has 1 aromatic carbocycles. The van der Waals surface area contributed by atoms with Crippen LogP contribution in [0.15, 0.2) is 6.07 Å². The number of hydrogen-bond acceptors (Lipinski definition) is 2. The van der Waals surface area contributed by atoms with Crippen molar-refractivity contribution < 1.29 is 0 Å². The van der Waals surface area contributed by atoms with Gasteiger partial charge in [0.25, 0.3) is 0 Å². The highest BCUT2D eigenvalue weighted by Gasteiger charge is 2.04. The topological polar surface area (TPSA) is 38.0 Å². The molecular formula is C10H17ClN2. The third-order valence-electron chi connectivity index (χ3n) is 2.64. The summed E-state index contributed by atoms with van der Waals surface area (Å²) in [6.45, 7) is 8.44. The lowest BCUT2D eigenvalue weighted by molar-refractivity contribution is 1.19. The smallest absolute Gasteiger partial charge is 0.0519 e. The van der Waals surface area contributed by atoms with Crippen LogP contribution in [0.4, 0.5) is 5.69 Å². The van der Waals surface area contributed by atoms with E-state index in [2.05, 4.69) is 39.2 Å². The highest BCUT2D eigenvalue weighted by atomic mass is 35.5. The molecule has 0 amide bonds. The molecule has 0 fully saturated rings. The molecule has 0 heterocycles. The van der Waals surface area contributed by atoms with Crippen LogP contribution in [0.25, 0.3) is 0 Å².